The van der Waals surface area contributed by atoms with Crippen LogP contribution in [0.5, 0.6) is 0 Å². The van der Waals surface area contributed by atoms with Gasteiger partial charge in [-0.05, 0) is 49.4 Å². The van der Waals surface area contributed by atoms with Crippen molar-refractivity contribution in [2.24, 2.45) is 0 Å². The van der Waals surface area contributed by atoms with Crippen molar-refractivity contribution in [3.8, 4) is 0 Å². The normalized spacial score (nSPS) is 16.5. The Labute approximate surface area is 148 Å². The van der Waals surface area contributed by atoms with Gasteiger partial charge in [-0.3, -0.25) is 4.79 Å². The van der Waals surface area contributed by atoms with Crippen LogP contribution in [0.3, 0.4) is 0 Å². The van der Waals surface area contributed by atoms with Crippen LogP contribution in [0.15, 0.2) is 24.3 Å². The molecular weight excluding hydrogens is 316 g/mol. The second kappa shape index (κ2) is 6.75. The number of ether oxygens (including phenoxy) is 1. The summed E-state index contributed by atoms with van der Waals surface area (Å²) in [5.41, 5.74) is 4.91. The highest BCUT2D eigenvalue weighted by Crippen LogP contribution is 2.35. The lowest BCUT2D eigenvalue weighted by molar-refractivity contribution is 0.0519. The fourth-order valence-corrected chi connectivity index (χ4v) is 3.52. The first kappa shape index (κ1) is 17.3. The summed E-state index contributed by atoms with van der Waals surface area (Å²) in [4.78, 5) is 29.9. The van der Waals surface area contributed by atoms with E-state index in [9.17, 15) is 9.59 Å². The van der Waals surface area contributed by atoms with Crippen LogP contribution in [-0.4, -0.2) is 37.4 Å². The highest BCUT2D eigenvalue weighted by Gasteiger charge is 2.32. The maximum absolute atomic E-state index is 12.7. The van der Waals surface area contributed by atoms with Crippen molar-refractivity contribution in [3.05, 3.63) is 52.3 Å². The molecule has 0 amide bonds. The Morgan fingerprint density at radius 2 is 1.92 bits per heavy atom. The lowest BCUT2D eigenvalue weighted by Crippen LogP contribution is -2.18. The minimum absolute atomic E-state index is 0.0900. The van der Waals surface area contributed by atoms with Crippen LogP contribution < -0.4 is 4.90 Å². The molecule has 0 unspecified atom stereocenters. The SMILES string of the molecule is CCOC(=O)c1[nH]c2c(c1C)C(=O)C[C@@H](c1ccc(N(C)C)cc1)C2. The minimum atomic E-state index is -0.394. The van der Waals surface area contributed by atoms with Crippen molar-refractivity contribution in [2.75, 3.05) is 25.6 Å². The summed E-state index contributed by atoms with van der Waals surface area (Å²) in [5, 5.41) is 0. The van der Waals surface area contributed by atoms with E-state index in [2.05, 4.69) is 29.2 Å². The second-order valence-corrected chi connectivity index (χ2v) is 6.71. The van der Waals surface area contributed by atoms with Gasteiger partial charge in [-0.2, -0.15) is 0 Å². The molecule has 1 aliphatic rings. The Hall–Kier alpha value is -2.56. The zero-order valence-corrected chi connectivity index (χ0v) is 15.2. The van der Waals surface area contributed by atoms with Crippen molar-refractivity contribution in [2.45, 2.75) is 32.6 Å². The number of fused-ring (bicyclic) bond motifs is 1. The van der Waals surface area contributed by atoms with Crippen LogP contribution in [0.1, 0.15) is 56.9 Å². The van der Waals surface area contributed by atoms with Crippen molar-refractivity contribution in [1.29, 1.82) is 0 Å². The van der Waals surface area contributed by atoms with Crippen molar-refractivity contribution >= 4 is 17.4 Å². The molecule has 0 bridgehead atoms. The molecule has 0 fully saturated rings. The average molecular weight is 340 g/mol. The summed E-state index contributed by atoms with van der Waals surface area (Å²) in [6.45, 7) is 3.90. The molecule has 25 heavy (non-hydrogen) atoms. The molecule has 2 aromatic rings. The highest BCUT2D eigenvalue weighted by atomic mass is 16.5. The first-order valence-corrected chi connectivity index (χ1v) is 8.61. The number of aromatic amines is 1. The number of carbonyl (C=O) groups is 2. The number of Topliss-reactive ketones (excluding diaryl/α,β-unsaturated/α-hetero) is 1. The number of rotatable bonds is 4. The summed E-state index contributed by atoms with van der Waals surface area (Å²) in [7, 11) is 4.01. The maximum atomic E-state index is 12.7. The summed E-state index contributed by atoms with van der Waals surface area (Å²) >= 11 is 0. The van der Waals surface area contributed by atoms with Crippen molar-refractivity contribution < 1.29 is 14.3 Å². The number of benzene rings is 1. The summed E-state index contributed by atoms with van der Waals surface area (Å²) in [6, 6.07) is 8.30. The largest absolute Gasteiger partial charge is 0.461 e. The molecule has 0 saturated carbocycles. The van der Waals surface area contributed by atoms with Crippen LogP contribution in [0.4, 0.5) is 5.69 Å². The van der Waals surface area contributed by atoms with E-state index in [4.69, 9.17) is 4.74 Å². The molecule has 1 heterocycles. The molecule has 1 aromatic heterocycles. The zero-order chi connectivity index (χ0) is 18.1. The number of H-pyrrole nitrogens is 1. The van der Waals surface area contributed by atoms with Gasteiger partial charge in [0, 0.05) is 37.5 Å². The van der Waals surface area contributed by atoms with E-state index in [-0.39, 0.29) is 11.7 Å². The molecule has 1 aliphatic carbocycles. The minimum Gasteiger partial charge on any atom is -0.461 e. The Morgan fingerprint density at radius 1 is 1.24 bits per heavy atom. The van der Waals surface area contributed by atoms with Gasteiger partial charge in [0.2, 0.25) is 0 Å². The number of aromatic nitrogens is 1. The van der Waals surface area contributed by atoms with Gasteiger partial charge in [-0.1, -0.05) is 12.1 Å². The van der Waals surface area contributed by atoms with E-state index >= 15 is 0 Å². The van der Waals surface area contributed by atoms with Crippen LogP contribution >= 0.6 is 0 Å². The molecule has 0 radical (unpaired) electrons. The van der Waals surface area contributed by atoms with Gasteiger partial charge >= 0.3 is 5.97 Å². The van der Waals surface area contributed by atoms with E-state index in [1.54, 1.807) is 6.92 Å². The van der Waals surface area contributed by atoms with E-state index in [1.807, 2.05) is 25.9 Å². The predicted octanol–water partition coefficient (Wildman–Crippen LogP) is 3.48. The molecular formula is C20H24N2O3. The molecule has 0 spiro atoms. The smallest absolute Gasteiger partial charge is 0.355 e. The van der Waals surface area contributed by atoms with E-state index < -0.39 is 5.97 Å². The van der Waals surface area contributed by atoms with Crippen molar-refractivity contribution in [1.82, 2.24) is 4.98 Å². The molecule has 132 valence electrons. The van der Waals surface area contributed by atoms with Crippen LogP contribution in [0.2, 0.25) is 0 Å². The van der Waals surface area contributed by atoms with Gasteiger partial charge in [0.25, 0.3) is 0 Å². The molecule has 0 aliphatic heterocycles. The average Bonchev–Trinajstić information content (AvgIpc) is 2.92. The monoisotopic (exact) mass is 340 g/mol. The van der Waals surface area contributed by atoms with E-state index in [0.717, 1.165) is 23.4 Å². The quantitative estimate of drug-likeness (QED) is 0.866. The summed E-state index contributed by atoms with van der Waals surface area (Å²) < 4.78 is 5.08. The molecule has 0 saturated heterocycles. The van der Waals surface area contributed by atoms with Gasteiger partial charge in [0.15, 0.2) is 5.78 Å². The first-order valence-electron chi connectivity index (χ1n) is 8.61. The van der Waals surface area contributed by atoms with Gasteiger partial charge < -0.3 is 14.6 Å². The third-order valence-corrected chi connectivity index (χ3v) is 4.85. The number of nitrogens with zero attached hydrogens (tertiary/aromatic N) is 1. The fourth-order valence-electron chi connectivity index (χ4n) is 3.52. The van der Waals surface area contributed by atoms with Gasteiger partial charge in [-0.25, -0.2) is 4.79 Å². The second-order valence-electron chi connectivity index (χ2n) is 6.71. The summed E-state index contributed by atoms with van der Waals surface area (Å²) in [5.74, 6) is -0.175. The number of esters is 1. The number of hydrogen-bond donors (Lipinski definition) is 1. The topological polar surface area (TPSA) is 62.4 Å². The van der Waals surface area contributed by atoms with Gasteiger partial charge in [0.05, 0.1) is 6.61 Å². The van der Waals surface area contributed by atoms with Gasteiger partial charge in [0.1, 0.15) is 5.69 Å². The molecule has 3 rings (SSSR count). The Kier molecular flexibility index (Phi) is 4.66. The predicted molar refractivity (Wildman–Crippen MR) is 97.6 cm³/mol. The number of hydrogen-bond acceptors (Lipinski definition) is 4. The number of nitrogens with one attached hydrogen (secondary N) is 1. The van der Waals surface area contributed by atoms with Crippen LogP contribution in [0, 0.1) is 6.92 Å². The third-order valence-electron chi connectivity index (χ3n) is 4.85. The molecule has 5 heteroatoms. The maximum Gasteiger partial charge on any atom is 0.355 e. The lowest BCUT2D eigenvalue weighted by atomic mass is 9.81. The fraction of sp³-hybridized carbons (Fsp3) is 0.400. The standard InChI is InChI=1S/C20H24N2O3/c1-5-25-20(24)19-12(2)18-16(21-19)10-14(11-17(18)23)13-6-8-15(9-7-13)22(3)4/h6-9,14,21H,5,10-11H2,1-4H3/t14-/m0/s1. The van der Waals surface area contributed by atoms with Gasteiger partial charge in [-0.15, -0.1) is 0 Å². The Morgan fingerprint density at radius 3 is 2.52 bits per heavy atom. The molecule has 5 nitrogen and oxygen atoms in total. The lowest BCUT2D eigenvalue weighted by Gasteiger charge is -2.23. The number of carbonyl (C=O) groups excluding carboxylic acids is 2. The number of anilines is 1. The Bertz CT molecular complexity index is 803. The molecule has 1 aromatic carbocycles. The first-order chi connectivity index (χ1) is 11.9. The van der Waals surface area contributed by atoms with Crippen LogP contribution in [0.25, 0.3) is 0 Å². The van der Waals surface area contributed by atoms with E-state index in [1.165, 1.54) is 0 Å². The number of ketones is 1. The van der Waals surface area contributed by atoms with Crippen molar-refractivity contribution in [3.63, 3.8) is 0 Å². The zero-order valence-electron chi connectivity index (χ0n) is 15.2. The van der Waals surface area contributed by atoms with E-state index in [0.29, 0.717) is 29.8 Å². The molecule has 1 N–H and O–H groups in total. The third kappa shape index (κ3) is 3.18. The molecule has 1 atom stereocenters. The summed E-state index contributed by atoms with van der Waals surface area (Å²) in [6.07, 6.45) is 1.19. The Balaban J connectivity index is 1.89. The highest BCUT2D eigenvalue weighted by molar-refractivity contribution is 6.03. The van der Waals surface area contributed by atoms with Crippen LogP contribution in [-0.2, 0) is 11.2 Å².